The van der Waals surface area contributed by atoms with Gasteiger partial charge in [-0.05, 0) is 54.8 Å². The topological polar surface area (TPSA) is 69.6 Å². The van der Waals surface area contributed by atoms with Crippen LogP contribution >= 0.6 is 0 Å². The molecule has 1 atom stereocenters. The molecule has 1 unspecified atom stereocenters. The summed E-state index contributed by atoms with van der Waals surface area (Å²) in [5.41, 5.74) is -0.803. The van der Waals surface area contributed by atoms with E-state index in [0.717, 1.165) is 24.6 Å². The summed E-state index contributed by atoms with van der Waals surface area (Å²) >= 11 is 0. The summed E-state index contributed by atoms with van der Waals surface area (Å²) < 4.78 is 80.1. The van der Waals surface area contributed by atoms with Crippen LogP contribution in [0.15, 0.2) is 65.8 Å². The molecular weight excluding hydrogens is 536 g/mol. The number of aromatic nitrogens is 1. The van der Waals surface area contributed by atoms with Gasteiger partial charge in [-0.1, -0.05) is 26.0 Å². The van der Waals surface area contributed by atoms with E-state index < -0.39 is 35.6 Å². The summed E-state index contributed by atoms with van der Waals surface area (Å²) in [5, 5.41) is 5.93. The minimum Gasteiger partial charge on any atom is -0.361 e. The van der Waals surface area contributed by atoms with Gasteiger partial charge in [-0.25, -0.2) is 4.99 Å². The van der Waals surface area contributed by atoms with Gasteiger partial charge >= 0.3 is 12.4 Å². The molecular formula is C28H27F6N5O. The molecule has 12 heteroatoms. The van der Waals surface area contributed by atoms with Crippen molar-refractivity contribution >= 4 is 23.1 Å². The number of fused-ring (bicyclic) bond motifs is 1. The van der Waals surface area contributed by atoms with Crippen molar-refractivity contribution in [3.05, 3.63) is 77.5 Å². The van der Waals surface area contributed by atoms with E-state index in [-0.39, 0.29) is 22.8 Å². The number of hydrogen-bond acceptors (Lipinski definition) is 5. The SMILES string of the molecule is CC(C)CCNC(=O)C1=Nc2cc(-c3ncccc3C(F)(F)F)ccc2C(Nc2ccc(C(F)(F)F)cc2)N1C. The molecule has 1 aliphatic heterocycles. The smallest absolute Gasteiger partial charge is 0.361 e. The standard InChI is InChI=1S/C28H27F6N5O/c1-16(2)12-14-36-26(40)25-38-22-15-17(23-21(28(32,33)34)5-4-13-35-23)6-11-20(22)24(39(25)3)37-19-9-7-18(8-10-19)27(29,30)31/h4-11,13,15-16,24,37H,12,14H2,1-3H3,(H,36,40). The first-order chi connectivity index (χ1) is 18.8. The van der Waals surface area contributed by atoms with Gasteiger partial charge in [0.05, 0.1) is 22.5 Å². The Balaban J connectivity index is 1.75. The number of benzene rings is 2. The van der Waals surface area contributed by atoms with Crippen molar-refractivity contribution in [1.82, 2.24) is 15.2 Å². The Morgan fingerprint density at radius 3 is 2.33 bits per heavy atom. The van der Waals surface area contributed by atoms with Gasteiger partial charge in [0.1, 0.15) is 6.17 Å². The lowest BCUT2D eigenvalue weighted by molar-refractivity contribution is -0.138. The minimum absolute atomic E-state index is 0.00474. The van der Waals surface area contributed by atoms with Crippen molar-refractivity contribution in [2.24, 2.45) is 10.9 Å². The fraction of sp³-hybridized carbons (Fsp3) is 0.321. The third kappa shape index (κ3) is 6.37. The monoisotopic (exact) mass is 563 g/mol. The second-order valence-corrected chi connectivity index (χ2v) is 9.78. The second kappa shape index (κ2) is 11.2. The molecule has 2 N–H and O–H groups in total. The molecule has 0 radical (unpaired) electrons. The second-order valence-electron chi connectivity index (χ2n) is 9.78. The number of halogens is 6. The third-order valence-corrected chi connectivity index (χ3v) is 6.39. The molecule has 0 bridgehead atoms. The van der Waals surface area contributed by atoms with Crippen LogP contribution < -0.4 is 10.6 Å². The lowest BCUT2D eigenvalue weighted by Crippen LogP contribution is -2.46. The number of alkyl halides is 6. The van der Waals surface area contributed by atoms with E-state index in [1.807, 2.05) is 13.8 Å². The van der Waals surface area contributed by atoms with Crippen LogP contribution in [0.3, 0.4) is 0 Å². The Hall–Kier alpha value is -4.09. The molecule has 212 valence electrons. The van der Waals surface area contributed by atoms with Gasteiger partial charge in [-0.15, -0.1) is 0 Å². The molecule has 1 aliphatic rings. The molecule has 2 heterocycles. The van der Waals surface area contributed by atoms with Crippen LogP contribution in [0.4, 0.5) is 37.7 Å². The number of rotatable bonds is 7. The number of hydrogen-bond donors (Lipinski definition) is 2. The van der Waals surface area contributed by atoms with Crippen molar-refractivity contribution in [2.75, 3.05) is 18.9 Å². The summed E-state index contributed by atoms with van der Waals surface area (Å²) in [5.74, 6) is -0.160. The van der Waals surface area contributed by atoms with Gasteiger partial charge in [-0.3, -0.25) is 9.78 Å². The van der Waals surface area contributed by atoms with Crippen LogP contribution in [0.1, 0.15) is 43.1 Å². The Bertz CT molecular complexity index is 1400. The average Bonchev–Trinajstić information content (AvgIpc) is 2.89. The highest BCUT2D eigenvalue weighted by atomic mass is 19.4. The average molecular weight is 564 g/mol. The van der Waals surface area contributed by atoms with Crippen molar-refractivity contribution in [3.63, 3.8) is 0 Å². The van der Waals surface area contributed by atoms with E-state index in [1.165, 1.54) is 41.4 Å². The van der Waals surface area contributed by atoms with E-state index in [1.54, 1.807) is 13.1 Å². The third-order valence-electron chi connectivity index (χ3n) is 6.39. The largest absolute Gasteiger partial charge is 0.418 e. The quantitative estimate of drug-likeness (QED) is 0.303. The van der Waals surface area contributed by atoms with Gasteiger partial charge in [0.15, 0.2) is 5.84 Å². The normalized spacial score (nSPS) is 15.5. The predicted molar refractivity (Wildman–Crippen MR) is 140 cm³/mol. The van der Waals surface area contributed by atoms with Crippen molar-refractivity contribution in [2.45, 2.75) is 38.8 Å². The highest BCUT2D eigenvalue weighted by Crippen LogP contribution is 2.41. The first kappa shape index (κ1) is 28.9. The molecule has 0 aliphatic carbocycles. The molecule has 0 spiro atoms. The van der Waals surface area contributed by atoms with Crippen LogP contribution in [-0.4, -0.2) is 35.2 Å². The van der Waals surface area contributed by atoms with Gasteiger partial charge < -0.3 is 15.5 Å². The Morgan fingerprint density at radius 2 is 1.70 bits per heavy atom. The Kier molecular flexibility index (Phi) is 8.08. The van der Waals surface area contributed by atoms with Crippen LogP contribution in [0.25, 0.3) is 11.3 Å². The van der Waals surface area contributed by atoms with Crippen molar-refractivity contribution in [1.29, 1.82) is 0 Å². The fourth-order valence-corrected chi connectivity index (χ4v) is 4.26. The van der Waals surface area contributed by atoms with E-state index in [4.69, 9.17) is 0 Å². The fourth-order valence-electron chi connectivity index (χ4n) is 4.26. The summed E-state index contributed by atoms with van der Waals surface area (Å²) in [6, 6.07) is 11.0. The zero-order valence-electron chi connectivity index (χ0n) is 21.9. The van der Waals surface area contributed by atoms with Gasteiger partial charge in [0, 0.05) is 36.6 Å². The van der Waals surface area contributed by atoms with E-state index in [0.29, 0.717) is 23.7 Å². The summed E-state index contributed by atoms with van der Waals surface area (Å²) in [6.45, 7) is 4.40. The highest BCUT2D eigenvalue weighted by molar-refractivity contribution is 6.38. The number of nitrogens with one attached hydrogen (secondary N) is 2. The number of nitrogens with zero attached hydrogens (tertiary/aromatic N) is 3. The van der Waals surface area contributed by atoms with Gasteiger partial charge in [0.2, 0.25) is 0 Å². The number of pyridine rings is 1. The maximum absolute atomic E-state index is 13.7. The Morgan fingerprint density at radius 1 is 1.00 bits per heavy atom. The van der Waals surface area contributed by atoms with Crippen molar-refractivity contribution in [3.8, 4) is 11.3 Å². The molecule has 4 rings (SSSR count). The zero-order valence-corrected chi connectivity index (χ0v) is 21.9. The number of likely N-dealkylation sites (N-methyl/N-ethyl adjacent to an activating group) is 1. The maximum atomic E-state index is 13.7. The van der Waals surface area contributed by atoms with Crippen molar-refractivity contribution < 1.29 is 31.1 Å². The molecule has 40 heavy (non-hydrogen) atoms. The van der Waals surface area contributed by atoms with E-state index in [2.05, 4.69) is 20.6 Å². The van der Waals surface area contributed by atoms with E-state index in [9.17, 15) is 31.1 Å². The Labute approximate surface area is 227 Å². The number of carbonyl (C=O) groups is 1. The molecule has 0 fully saturated rings. The molecule has 3 aromatic rings. The number of carbonyl (C=O) groups excluding carboxylic acids is 1. The summed E-state index contributed by atoms with van der Waals surface area (Å²) in [7, 11) is 1.60. The lowest BCUT2D eigenvalue weighted by Gasteiger charge is -2.36. The van der Waals surface area contributed by atoms with Gasteiger partial charge in [-0.2, -0.15) is 26.3 Å². The number of amides is 1. The first-order valence-corrected chi connectivity index (χ1v) is 12.5. The molecule has 1 amide bonds. The molecule has 2 aromatic carbocycles. The molecule has 0 saturated heterocycles. The number of anilines is 1. The van der Waals surface area contributed by atoms with Crippen LogP contribution in [-0.2, 0) is 17.1 Å². The first-order valence-electron chi connectivity index (χ1n) is 12.5. The number of amidine groups is 1. The zero-order chi connectivity index (χ0) is 29.2. The predicted octanol–water partition coefficient (Wildman–Crippen LogP) is 7.03. The summed E-state index contributed by atoms with van der Waals surface area (Å²) in [6.07, 6.45) is -7.94. The number of aliphatic imine (C=N–C) groups is 1. The van der Waals surface area contributed by atoms with Crippen LogP contribution in [0.2, 0.25) is 0 Å². The molecule has 6 nitrogen and oxygen atoms in total. The summed E-state index contributed by atoms with van der Waals surface area (Å²) in [4.78, 5) is 23.0. The van der Waals surface area contributed by atoms with Gasteiger partial charge in [0.25, 0.3) is 5.91 Å². The van der Waals surface area contributed by atoms with Crippen LogP contribution in [0, 0.1) is 5.92 Å². The molecule has 0 saturated carbocycles. The molecule has 1 aromatic heterocycles. The highest BCUT2D eigenvalue weighted by Gasteiger charge is 2.36. The maximum Gasteiger partial charge on any atom is 0.418 e. The lowest BCUT2D eigenvalue weighted by atomic mass is 9.99. The van der Waals surface area contributed by atoms with Crippen LogP contribution in [0.5, 0.6) is 0 Å². The minimum atomic E-state index is -4.64. The van der Waals surface area contributed by atoms with E-state index >= 15 is 0 Å².